The molecule has 4 heterocycles. The number of rotatable bonds is 7. The lowest BCUT2D eigenvalue weighted by Gasteiger charge is -2.22. The Hall–Kier alpha value is -9.58. The molecule has 3 aromatic heterocycles. The summed E-state index contributed by atoms with van der Waals surface area (Å²) in [6.45, 7) is 7.55. The van der Waals surface area contributed by atoms with E-state index < -0.39 is 31.8 Å². The summed E-state index contributed by atoms with van der Waals surface area (Å²) in [5, 5.41) is 2.09. The Labute approximate surface area is 490 Å². The minimum Gasteiger partial charge on any atom is -0.458 e. The van der Waals surface area contributed by atoms with E-state index in [1.54, 1.807) is 6.07 Å². The number of fused-ring (bicyclic) bond motifs is 10. The molecule has 392 valence electrons. The zero-order chi connectivity index (χ0) is 64.7. The molecule has 0 N–H and O–H groups in total. The van der Waals surface area contributed by atoms with Crippen molar-refractivity contribution in [1.29, 1.82) is 0 Å². The Bertz CT molecular complexity index is 5140. The summed E-state index contributed by atoms with van der Waals surface area (Å²) in [4.78, 5) is 4.90. The predicted molar refractivity (Wildman–Crippen MR) is 335 cm³/mol. The van der Waals surface area contributed by atoms with Gasteiger partial charge >= 0.3 is 0 Å². The van der Waals surface area contributed by atoms with E-state index in [9.17, 15) is 2.74 Å². The second kappa shape index (κ2) is 19.1. The molecule has 0 saturated carbocycles. The van der Waals surface area contributed by atoms with Crippen LogP contribution in [0.1, 0.15) is 78.9 Å². The van der Waals surface area contributed by atoms with E-state index in [-0.39, 0.29) is 45.2 Å². The van der Waals surface area contributed by atoms with Crippen molar-refractivity contribution in [3.05, 3.63) is 259 Å². The van der Waals surface area contributed by atoms with Gasteiger partial charge in [-0.15, -0.1) is 0 Å². The van der Waals surface area contributed by atoms with Crippen molar-refractivity contribution in [2.75, 3.05) is 0 Å². The minimum absolute atomic E-state index is 0.0225. The molecule has 0 atom stereocenters. The van der Waals surface area contributed by atoms with Crippen LogP contribution in [-0.2, 0) is 10.8 Å². The molecule has 81 heavy (non-hydrogen) atoms. The second-order valence-electron chi connectivity index (χ2n) is 23.0. The maximum Gasteiger partial charge on any atom is 0.269 e. The first-order chi connectivity index (χ1) is 43.8. The number of hydrogen-bond donors (Lipinski definition) is 0. The van der Waals surface area contributed by atoms with Crippen molar-refractivity contribution in [2.24, 2.45) is 0 Å². The lowest BCUT2D eigenvalue weighted by Crippen LogP contribution is -2.32. The van der Waals surface area contributed by atoms with Gasteiger partial charge in [-0.25, -0.2) is 4.98 Å². The number of aromatic nitrogens is 4. The van der Waals surface area contributed by atoms with Crippen LogP contribution in [-0.4, -0.2) is 14.1 Å². The molecule has 0 amide bonds. The zero-order valence-electron chi connectivity index (χ0n) is 56.7. The molecule has 14 rings (SSSR count). The normalized spacial score (nSPS) is 14.5. The van der Waals surface area contributed by atoms with Gasteiger partial charge in [-0.1, -0.05) is 205 Å². The van der Waals surface area contributed by atoms with E-state index in [1.165, 1.54) is 18.2 Å². The second-order valence-corrected chi connectivity index (χ2v) is 23.0. The summed E-state index contributed by atoms with van der Waals surface area (Å²) < 4.78 is 112. The minimum atomic E-state index is -2.74. The van der Waals surface area contributed by atoms with Crippen LogP contribution in [0.3, 0.4) is 0 Å². The first-order valence-corrected chi connectivity index (χ1v) is 27.3. The average molecular weight is 1060 g/mol. The molecule has 0 aliphatic carbocycles. The first kappa shape index (κ1) is 38.9. The van der Waals surface area contributed by atoms with E-state index in [1.807, 2.05) is 131 Å². The molecule has 0 spiro atoms. The lowest BCUT2D eigenvalue weighted by molar-refractivity contribution is -0.570. The quantitative estimate of drug-likeness (QED) is 0.118. The monoisotopic (exact) mass is 1060 g/mol. The molecular weight excluding hydrogens is 985 g/mol. The molecule has 0 unspecified atom stereocenters. The number of ether oxygens (including phenoxy) is 1. The molecule has 5 heteroatoms. The van der Waals surface area contributed by atoms with E-state index >= 15 is 0 Å². The standard InChI is InChI=1S/C76H62N4O/c1-48-20-16-21-49(2)71(48)52-42-66-61-27-13-12-26-60(61)64-31-18-29-58(50-22-10-9-11-23-50)72(64)65-32-19-30-59(51-34-36-53(37-35-51)75(3,4)5)73(65)79-47-78(69(43-52)74(66)79)55-24-17-25-56(45-55)81-57-38-39-63-62-28-14-15-33-67(62)80(68(63)46-57)70-44-54(40-41-77-70)76(6,7)8/h9-46H,1-8H3/i1D3,2D3,9D,10D,11D,22D,23D. The number of pyridine rings is 1. The molecule has 1 aliphatic rings. The topological polar surface area (TPSA) is 35.9 Å². The van der Waals surface area contributed by atoms with Gasteiger partial charge < -0.3 is 4.74 Å². The fourth-order valence-electron chi connectivity index (χ4n) is 11.9. The van der Waals surface area contributed by atoms with Crippen LogP contribution >= 0.6 is 0 Å². The highest BCUT2D eigenvalue weighted by molar-refractivity contribution is 6.10. The summed E-state index contributed by atoms with van der Waals surface area (Å²) in [6, 6.07) is 59.9. The molecule has 13 aromatic rings. The molecule has 1 aliphatic heterocycles. The molecule has 0 fully saturated rings. The third kappa shape index (κ3) is 8.46. The van der Waals surface area contributed by atoms with Gasteiger partial charge in [0.15, 0.2) is 0 Å². The largest absolute Gasteiger partial charge is 0.458 e. The predicted octanol–water partition coefficient (Wildman–Crippen LogP) is 19.5. The third-order valence-electron chi connectivity index (χ3n) is 15.8. The van der Waals surface area contributed by atoms with Crippen molar-refractivity contribution < 1.29 is 24.4 Å². The van der Waals surface area contributed by atoms with Gasteiger partial charge in [0.1, 0.15) is 17.3 Å². The van der Waals surface area contributed by atoms with Crippen LogP contribution < -0.4 is 9.30 Å². The Morgan fingerprint density at radius 3 is 1.90 bits per heavy atom. The van der Waals surface area contributed by atoms with Crippen LogP contribution in [0.2, 0.25) is 0 Å². The third-order valence-corrected chi connectivity index (χ3v) is 15.8. The smallest absolute Gasteiger partial charge is 0.269 e. The Morgan fingerprint density at radius 1 is 0.481 bits per heavy atom. The first-order valence-electron chi connectivity index (χ1n) is 32.8. The van der Waals surface area contributed by atoms with Gasteiger partial charge in [0.25, 0.3) is 6.33 Å². The average Bonchev–Trinajstić information content (AvgIpc) is 1.51. The maximum absolute atomic E-state index is 9.47. The molecule has 0 bridgehead atoms. The number of nitrogens with zero attached hydrogens (tertiary/aromatic N) is 4. The number of aryl methyl sites for hydroxylation is 2. The molecule has 0 saturated heterocycles. The highest BCUT2D eigenvalue weighted by atomic mass is 16.5. The molecule has 5 nitrogen and oxygen atoms in total. The van der Waals surface area contributed by atoms with Crippen molar-refractivity contribution >= 4 is 32.8 Å². The molecule has 0 radical (unpaired) electrons. The van der Waals surface area contributed by atoms with Gasteiger partial charge in [0, 0.05) is 31.3 Å². The summed E-state index contributed by atoms with van der Waals surface area (Å²) in [5.74, 6) is 1.82. The van der Waals surface area contributed by atoms with Gasteiger partial charge in [-0.2, -0.15) is 0 Å². The van der Waals surface area contributed by atoms with Crippen molar-refractivity contribution in [3.63, 3.8) is 0 Å². The highest BCUT2D eigenvalue weighted by Crippen LogP contribution is 2.50. The van der Waals surface area contributed by atoms with Crippen LogP contribution in [0, 0.1) is 20.0 Å². The lowest BCUT2D eigenvalue weighted by atomic mass is 9.83. The summed E-state index contributed by atoms with van der Waals surface area (Å²) in [5.41, 5.74) is 12.3. The van der Waals surface area contributed by atoms with Crippen LogP contribution in [0.15, 0.2) is 231 Å². The fraction of sp³-hybridized carbons (Fsp3) is 0.132. The highest BCUT2D eigenvalue weighted by Gasteiger charge is 2.30. The SMILES string of the molecule is [2H]c1c([2H])c([2H])c(-c2cccc3c2-c2cccc(-c4ccc(C(C)(C)C)cc4)c2-[n+]2[c-]n(-c4cccc(Oc5ccc6c7ccccc7n(-c7cc(C(C)(C)C)ccn7)c6c5)c4)c4cc(-c5c(C([2H])([2H])[2H])cccc5C([2H])([2H])[2H])cc(c42)-c2ccccc2-3)c([2H])c1[2H]. The number of para-hydroxylation sites is 2. The Morgan fingerprint density at radius 2 is 1.14 bits per heavy atom. The number of benzene rings is 10. The van der Waals surface area contributed by atoms with E-state index in [0.29, 0.717) is 78.4 Å². The Kier molecular flexibility index (Phi) is 9.16. The van der Waals surface area contributed by atoms with Crippen molar-refractivity contribution in [3.8, 4) is 95.5 Å². The number of hydrogen-bond acceptors (Lipinski definition) is 2. The Balaban J connectivity index is 1.08. The van der Waals surface area contributed by atoms with Gasteiger partial charge in [-0.3, -0.25) is 13.7 Å². The van der Waals surface area contributed by atoms with Gasteiger partial charge in [0.05, 0.1) is 40.3 Å². The summed E-state index contributed by atoms with van der Waals surface area (Å²) in [6.07, 6.45) is 5.70. The van der Waals surface area contributed by atoms with Crippen molar-refractivity contribution in [2.45, 2.75) is 66.1 Å². The summed E-state index contributed by atoms with van der Waals surface area (Å²) >= 11 is 0. The number of imidazole rings is 1. The van der Waals surface area contributed by atoms with Gasteiger partial charge in [0.2, 0.25) is 0 Å². The maximum atomic E-state index is 9.47. The zero-order valence-corrected chi connectivity index (χ0v) is 45.7. The van der Waals surface area contributed by atoms with Crippen LogP contribution in [0.25, 0.3) is 117 Å². The molecular formula is C76H62N4O. The van der Waals surface area contributed by atoms with Crippen LogP contribution in [0.5, 0.6) is 11.5 Å². The fourth-order valence-corrected chi connectivity index (χ4v) is 11.9. The van der Waals surface area contributed by atoms with E-state index in [4.69, 9.17) is 22.1 Å². The van der Waals surface area contributed by atoms with E-state index in [2.05, 4.69) is 107 Å². The molecule has 10 aromatic carbocycles. The van der Waals surface area contributed by atoms with Crippen LogP contribution in [0.4, 0.5) is 0 Å². The summed E-state index contributed by atoms with van der Waals surface area (Å²) in [7, 11) is 0. The van der Waals surface area contributed by atoms with Crippen molar-refractivity contribution in [1.82, 2.24) is 14.1 Å². The van der Waals surface area contributed by atoms with E-state index in [0.717, 1.165) is 49.9 Å². The van der Waals surface area contributed by atoms with Gasteiger partial charge in [-0.05, 0) is 168 Å².